The van der Waals surface area contributed by atoms with Crippen LogP contribution < -0.4 is 10.4 Å². The van der Waals surface area contributed by atoms with E-state index in [1.165, 1.54) is 26.2 Å². The van der Waals surface area contributed by atoms with Crippen LogP contribution in [0.2, 0.25) is 0 Å². The topological polar surface area (TPSA) is 125 Å². The molecule has 0 radical (unpaired) electrons. The van der Waals surface area contributed by atoms with E-state index in [-0.39, 0.29) is 12.1 Å². The average Bonchev–Trinajstić information content (AvgIpc) is 2.89. The molecule has 23 heavy (non-hydrogen) atoms. The van der Waals surface area contributed by atoms with E-state index in [2.05, 4.69) is 0 Å². The zero-order valence-corrected chi connectivity index (χ0v) is 12.7. The van der Waals surface area contributed by atoms with Crippen LogP contribution in [0.4, 0.5) is 0 Å². The summed E-state index contributed by atoms with van der Waals surface area (Å²) in [6.07, 6.45) is 0.432. The van der Waals surface area contributed by atoms with Gasteiger partial charge in [0.15, 0.2) is 0 Å². The minimum absolute atomic E-state index is 0. The van der Waals surface area contributed by atoms with E-state index in [4.69, 9.17) is 13.6 Å². The molecule has 7 nitrogen and oxygen atoms in total. The summed E-state index contributed by atoms with van der Waals surface area (Å²) in [6, 6.07) is 6.24. The lowest BCUT2D eigenvalue weighted by Gasteiger charge is -2.24. The number of furan rings is 1. The summed E-state index contributed by atoms with van der Waals surface area (Å²) in [5.41, 5.74) is -0.912. The van der Waals surface area contributed by atoms with E-state index in [9.17, 15) is 15.0 Å². The van der Waals surface area contributed by atoms with Crippen LogP contribution in [0.3, 0.4) is 0 Å². The van der Waals surface area contributed by atoms with Crippen molar-refractivity contribution in [3.63, 3.8) is 0 Å². The van der Waals surface area contributed by atoms with Gasteiger partial charge in [-0.25, -0.2) is 4.79 Å². The summed E-state index contributed by atoms with van der Waals surface area (Å²) in [5, 5.41) is 21.0. The van der Waals surface area contributed by atoms with E-state index in [0.717, 1.165) is 0 Å². The molecule has 4 N–H and O–H groups in total. The van der Waals surface area contributed by atoms with Crippen molar-refractivity contribution in [2.75, 3.05) is 6.61 Å². The highest BCUT2D eigenvalue weighted by molar-refractivity contribution is 6.01. The summed E-state index contributed by atoms with van der Waals surface area (Å²) >= 11 is 0. The molecule has 0 saturated carbocycles. The Morgan fingerprint density at radius 2 is 1.91 bits per heavy atom. The van der Waals surface area contributed by atoms with Crippen LogP contribution in [-0.4, -0.2) is 34.0 Å². The van der Waals surface area contributed by atoms with Crippen LogP contribution in [0, 0.1) is 0 Å². The molecule has 7 heteroatoms. The molecule has 2 aromatic heterocycles. The predicted molar refractivity (Wildman–Crippen MR) is 83.7 cm³/mol. The number of aliphatic hydroxyl groups is 2. The van der Waals surface area contributed by atoms with Crippen molar-refractivity contribution >= 4 is 21.9 Å². The van der Waals surface area contributed by atoms with Gasteiger partial charge in [0.1, 0.15) is 29.6 Å². The van der Waals surface area contributed by atoms with E-state index in [0.29, 0.717) is 27.7 Å². The summed E-state index contributed by atoms with van der Waals surface area (Å²) in [4.78, 5) is 11.4. The molecular weight excluding hydrogens is 304 g/mol. The molecule has 0 spiro atoms. The van der Waals surface area contributed by atoms with Gasteiger partial charge in [0.05, 0.1) is 22.6 Å². The first-order chi connectivity index (χ1) is 10.4. The molecule has 0 fully saturated rings. The van der Waals surface area contributed by atoms with Gasteiger partial charge in [0.2, 0.25) is 0 Å². The van der Waals surface area contributed by atoms with Crippen molar-refractivity contribution in [3.8, 4) is 5.75 Å². The van der Waals surface area contributed by atoms with Gasteiger partial charge in [-0.2, -0.15) is 0 Å². The fraction of sp³-hybridized carbons (Fsp3) is 0.312. The highest BCUT2D eigenvalue weighted by Crippen LogP contribution is 2.35. The number of ether oxygens (including phenoxy) is 1. The smallest absolute Gasteiger partial charge is 0.336 e. The largest absolute Gasteiger partial charge is 0.489 e. The number of fused-ring (bicyclic) bond motifs is 2. The lowest BCUT2D eigenvalue weighted by molar-refractivity contribution is -0.0658. The van der Waals surface area contributed by atoms with Crippen molar-refractivity contribution in [2.45, 2.75) is 25.6 Å². The molecule has 0 aliphatic heterocycles. The van der Waals surface area contributed by atoms with Crippen molar-refractivity contribution < 1.29 is 29.3 Å². The SMILES string of the molecule is CC(C)(O)[C@H](O)COc1c2ccoc2cc2oc(=O)ccc12.O. The third kappa shape index (κ3) is 3.21. The average molecular weight is 322 g/mol. The highest BCUT2D eigenvalue weighted by atomic mass is 16.5. The molecule has 1 aromatic carbocycles. The van der Waals surface area contributed by atoms with Gasteiger partial charge in [-0.05, 0) is 26.0 Å². The number of aliphatic hydroxyl groups excluding tert-OH is 1. The summed E-state index contributed by atoms with van der Waals surface area (Å²) in [5.74, 6) is 0.438. The molecule has 0 bridgehead atoms. The zero-order valence-electron chi connectivity index (χ0n) is 12.7. The minimum Gasteiger partial charge on any atom is -0.489 e. The lowest BCUT2D eigenvalue weighted by atomic mass is 10.0. The van der Waals surface area contributed by atoms with Crippen LogP contribution in [0.1, 0.15) is 13.8 Å². The first-order valence-electron chi connectivity index (χ1n) is 6.83. The standard InChI is InChI=1S/C16H16O6.H2O/c1-16(2,19)13(17)8-21-15-9-3-4-14(18)22-12(9)7-11-10(15)5-6-20-11;/h3-7,13,17,19H,8H2,1-2H3;1H2/t13-;/m1./s1. The quantitative estimate of drug-likeness (QED) is 0.696. The second-order valence-corrected chi connectivity index (χ2v) is 5.68. The van der Waals surface area contributed by atoms with Gasteiger partial charge >= 0.3 is 5.63 Å². The van der Waals surface area contributed by atoms with Crippen LogP contribution >= 0.6 is 0 Å². The molecule has 2 heterocycles. The molecule has 3 aromatic rings. The fourth-order valence-corrected chi connectivity index (χ4v) is 2.13. The Morgan fingerprint density at radius 3 is 2.61 bits per heavy atom. The van der Waals surface area contributed by atoms with Crippen LogP contribution in [0.25, 0.3) is 21.9 Å². The Morgan fingerprint density at radius 1 is 1.22 bits per heavy atom. The van der Waals surface area contributed by atoms with Crippen LogP contribution in [-0.2, 0) is 0 Å². The van der Waals surface area contributed by atoms with E-state index in [1.807, 2.05) is 0 Å². The third-order valence-electron chi connectivity index (χ3n) is 3.51. The molecule has 0 saturated heterocycles. The van der Waals surface area contributed by atoms with Gasteiger partial charge in [-0.15, -0.1) is 0 Å². The van der Waals surface area contributed by atoms with E-state index in [1.54, 1.807) is 18.2 Å². The maximum absolute atomic E-state index is 11.4. The van der Waals surface area contributed by atoms with Crippen molar-refractivity contribution in [2.24, 2.45) is 0 Å². The van der Waals surface area contributed by atoms with Crippen molar-refractivity contribution in [3.05, 3.63) is 40.9 Å². The first kappa shape index (κ1) is 17.0. The van der Waals surface area contributed by atoms with Crippen molar-refractivity contribution in [1.29, 1.82) is 0 Å². The Labute approximate surface area is 131 Å². The van der Waals surface area contributed by atoms with Gasteiger partial charge in [0.25, 0.3) is 0 Å². The Hall–Kier alpha value is -2.35. The lowest BCUT2D eigenvalue weighted by Crippen LogP contribution is -2.40. The molecule has 0 aliphatic rings. The third-order valence-corrected chi connectivity index (χ3v) is 3.51. The number of rotatable bonds is 4. The van der Waals surface area contributed by atoms with Crippen LogP contribution in [0.15, 0.2) is 44.2 Å². The summed E-state index contributed by atoms with van der Waals surface area (Å²) < 4.78 is 16.2. The number of hydrogen-bond acceptors (Lipinski definition) is 6. The van der Waals surface area contributed by atoms with Crippen LogP contribution in [0.5, 0.6) is 5.75 Å². The molecular formula is C16H18O7. The first-order valence-corrected chi connectivity index (χ1v) is 6.83. The molecule has 0 aliphatic carbocycles. The summed E-state index contributed by atoms with van der Waals surface area (Å²) in [6.45, 7) is 2.88. The normalized spacial score (nSPS) is 13.0. The molecule has 0 unspecified atom stereocenters. The van der Waals surface area contributed by atoms with E-state index < -0.39 is 17.3 Å². The fourth-order valence-electron chi connectivity index (χ4n) is 2.13. The second-order valence-electron chi connectivity index (χ2n) is 5.68. The Balaban J connectivity index is 0.00000192. The molecule has 3 rings (SSSR count). The maximum Gasteiger partial charge on any atom is 0.336 e. The number of hydrogen-bond donors (Lipinski definition) is 2. The predicted octanol–water partition coefficient (Wildman–Crippen LogP) is 1.23. The van der Waals surface area contributed by atoms with Gasteiger partial charge in [-0.3, -0.25) is 0 Å². The van der Waals surface area contributed by atoms with Gasteiger partial charge < -0.3 is 29.3 Å². The summed E-state index contributed by atoms with van der Waals surface area (Å²) in [7, 11) is 0. The highest BCUT2D eigenvalue weighted by Gasteiger charge is 2.26. The molecule has 0 amide bonds. The number of benzene rings is 1. The molecule has 124 valence electrons. The van der Waals surface area contributed by atoms with Crippen molar-refractivity contribution in [1.82, 2.24) is 0 Å². The monoisotopic (exact) mass is 322 g/mol. The Bertz CT molecular complexity index is 869. The van der Waals surface area contributed by atoms with Gasteiger partial charge in [0, 0.05) is 12.1 Å². The maximum atomic E-state index is 11.4. The minimum atomic E-state index is -1.29. The molecule has 1 atom stereocenters. The second kappa shape index (κ2) is 6.04. The zero-order chi connectivity index (χ0) is 15.9. The van der Waals surface area contributed by atoms with E-state index >= 15 is 0 Å². The Kier molecular flexibility index (Phi) is 4.46. The van der Waals surface area contributed by atoms with Gasteiger partial charge in [-0.1, -0.05) is 0 Å².